The molecule has 0 saturated heterocycles. The van der Waals surface area contributed by atoms with Gasteiger partial charge < -0.3 is 0 Å². The van der Waals surface area contributed by atoms with Crippen LogP contribution in [0.25, 0.3) is 0 Å². The highest BCUT2D eigenvalue weighted by Gasteiger charge is 2.05. The average Bonchev–Trinajstić information content (AvgIpc) is 2.70. The predicted molar refractivity (Wildman–Crippen MR) is 65.7 cm³/mol. The fraction of sp³-hybridized carbons (Fsp3) is 0.167. The van der Waals surface area contributed by atoms with E-state index in [1.54, 1.807) is 11.3 Å². The van der Waals surface area contributed by atoms with Crippen molar-refractivity contribution in [3.63, 3.8) is 0 Å². The lowest BCUT2D eigenvalue weighted by Crippen LogP contribution is -1.89. The van der Waals surface area contributed by atoms with Crippen LogP contribution in [0.2, 0.25) is 5.02 Å². The first-order valence-corrected chi connectivity index (χ1v) is 6.09. The number of hydrogen-bond acceptors (Lipinski definition) is 3. The van der Waals surface area contributed by atoms with Gasteiger partial charge in [0.05, 0.1) is 23.2 Å². The largest absolute Gasteiger partial charge is 0.245 e. The fourth-order valence-corrected chi connectivity index (χ4v) is 2.42. The van der Waals surface area contributed by atoms with Crippen molar-refractivity contribution in [2.45, 2.75) is 12.8 Å². The molecule has 0 aliphatic carbocycles. The molecule has 0 aliphatic heterocycles. The van der Waals surface area contributed by atoms with Crippen LogP contribution in [0.3, 0.4) is 0 Å². The van der Waals surface area contributed by atoms with Crippen LogP contribution in [0, 0.1) is 11.3 Å². The molecular formula is C12H9ClN2S. The number of benzene rings is 1. The number of halogens is 1. The molecule has 0 amide bonds. The van der Waals surface area contributed by atoms with Gasteiger partial charge in [0.25, 0.3) is 0 Å². The predicted octanol–water partition coefficient (Wildman–Crippen LogP) is 3.45. The molecule has 0 spiro atoms. The van der Waals surface area contributed by atoms with Crippen LogP contribution < -0.4 is 0 Å². The van der Waals surface area contributed by atoms with Gasteiger partial charge in [0.2, 0.25) is 0 Å². The zero-order valence-electron chi connectivity index (χ0n) is 8.48. The summed E-state index contributed by atoms with van der Waals surface area (Å²) in [5.41, 5.74) is 1.91. The molecule has 1 heterocycles. The minimum Gasteiger partial charge on any atom is -0.245 e. The Morgan fingerprint density at radius 1 is 1.38 bits per heavy atom. The molecule has 0 saturated carbocycles. The third-order valence-electron chi connectivity index (χ3n) is 2.16. The van der Waals surface area contributed by atoms with Crippen molar-refractivity contribution < 1.29 is 0 Å². The molecule has 0 fully saturated rings. The SMILES string of the molecule is N#CCc1csc(Cc2ccccc2Cl)n1. The van der Waals surface area contributed by atoms with Crippen molar-refractivity contribution in [2.24, 2.45) is 0 Å². The maximum atomic E-state index is 8.56. The normalized spacial score (nSPS) is 10.0. The summed E-state index contributed by atoms with van der Waals surface area (Å²) in [6, 6.07) is 9.83. The molecule has 0 bridgehead atoms. The maximum Gasteiger partial charge on any atom is 0.0973 e. The Hall–Kier alpha value is -1.37. The highest BCUT2D eigenvalue weighted by Crippen LogP contribution is 2.20. The molecule has 0 atom stereocenters. The summed E-state index contributed by atoms with van der Waals surface area (Å²) >= 11 is 7.64. The molecular weight excluding hydrogens is 240 g/mol. The third kappa shape index (κ3) is 2.60. The molecule has 1 aromatic heterocycles. The summed E-state index contributed by atoms with van der Waals surface area (Å²) in [6.07, 6.45) is 1.11. The van der Waals surface area contributed by atoms with Crippen molar-refractivity contribution in [1.82, 2.24) is 4.98 Å². The van der Waals surface area contributed by atoms with E-state index in [1.165, 1.54) is 0 Å². The van der Waals surface area contributed by atoms with E-state index in [9.17, 15) is 0 Å². The molecule has 2 nitrogen and oxygen atoms in total. The molecule has 0 unspecified atom stereocenters. The molecule has 80 valence electrons. The Labute approximate surface area is 103 Å². The molecule has 0 aliphatic rings. The minimum atomic E-state index is 0.374. The smallest absolute Gasteiger partial charge is 0.0973 e. The number of nitriles is 1. The van der Waals surface area contributed by atoms with Gasteiger partial charge in [-0.25, -0.2) is 4.98 Å². The summed E-state index contributed by atoms with van der Waals surface area (Å²) < 4.78 is 0. The van der Waals surface area contributed by atoms with Crippen LogP contribution in [0.1, 0.15) is 16.3 Å². The second-order valence-corrected chi connectivity index (χ2v) is 4.69. The Balaban J connectivity index is 2.15. The monoisotopic (exact) mass is 248 g/mol. The first-order valence-electron chi connectivity index (χ1n) is 4.83. The molecule has 0 N–H and O–H groups in total. The van der Waals surface area contributed by atoms with Gasteiger partial charge in [-0.15, -0.1) is 11.3 Å². The Morgan fingerprint density at radius 3 is 2.94 bits per heavy atom. The molecule has 1 aromatic carbocycles. The van der Waals surface area contributed by atoms with Crippen LogP contribution in [-0.2, 0) is 12.8 Å². The standard InChI is InChI=1S/C12H9ClN2S/c13-11-4-2-1-3-9(11)7-12-15-10(5-6-14)8-16-12/h1-4,8H,5,7H2. The Kier molecular flexibility index (Phi) is 3.55. The third-order valence-corrected chi connectivity index (χ3v) is 3.43. The maximum absolute atomic E-state index is 8.56. The van der Waals surface area contributed by atoms with Crippen LogP contribution >= 0.6 is 22.9 Å². The number of rotatable bonds is 3. The van der Waals surface area contributed by atoms with Gasteiger partial charge in [-0.3, -0.25) is 0 Å². The highest BCUT2D eigenvalue weighted by atomic mass is 35.5. The molecule has 2 aromatic rings. The summed E-state index contributed by atoms with van der Waals surface area (Å²) in [6.45, 7) is 0. The van der Waals surface area contributed by atoms with Crippen molar-refractivity contribution in [1.29, 1.82) is 5.26 Å². The Bertz CT molecular complexity index is 528. The number of aromatic nitrogens is 1. The van der Waals surface area contributed by atoms with Gasteiger partial charge in [0.15, 0.2) is 0 Å². The van der Waals surface area contributed by atoms with E-state index in [4.69, 9.17) is 16.9 Å². The van der Waals surface area contributed by atoms with Gasteiger partial charge in [0.1, 0.15) is 0 Å². The van der Waals surface area contributed by atoms with Gasteiger partial charge in [-0.2, -0.15) is 5.26 Å². The lowest BCUT2D eigenvalue weighted by atomic mass is 10.1. The van der Waals surface area contributed by atoms with Crippen molar-refractivity contribution in [3.8, 4) is 6.07 Å². The topological polar surface area (TPSA) is 36.7 Å². The number of thiazole rings is 1. The summed E-state index contributed by atoms with van der Waals surface area (Å²) in [7, 11) is 0. The summed E-state index contributed by atoms with van der Waals surface area (Å²) in [5.74, 6) is 0. The van der Waals surface area contributed by atoms with Crippen LogP contribution in [0.15, 0.2) is 29.6 Å². The van der Waals surface area contributed by atoms with E-state index in [1.807, 2.05) is 29.6 Å². The van der Waals surface area contributed by atoms with Gasteiger partial charge >= 0.3 is 0 Å². The van der Waals surface area contributed by atoms with Gasteiger partial charge in [-0.1, -0.05) is 29.8 Å². The van der Waals surface area contributed by atoms with Crippen molar-refractivity contribution >= 4 is 22.9 Å². The summed E-state index contributed by atoms with van der Waals surface area (Å²) in [4.78, 5) is 4.37. The van der Waals surface area contributed by atoms with E-state index in [0.717, 1.165) is 27.7 Å². The number of hydrogen-bond donors (Lipinski definition) is 0. The van der Waals surface area contributed by atoms with Gasteiger partial charge in [0, 0.05) is 16.8 Å². The van der Waals surface area contributed by atoms with Crippen LogP contribution in [-0.4, -0.2) is 4.98 Å². The lowest BCUT2D eigenvalue weighted by molar-refractivity contribution is 1.07. The van der Waals surface area contributed by atoms with E-state index in [-0.39, 0.29) is 0 Å². The van der Waals surface area contributed by atoms with E-state index < -0.39 is 0 Å². The molecule has 0 radical (unpaired) electrons. The van der Waals surface area contributed by atoms with E-state index in [0.29, 0.717) is 6.42 Å². The second kappa shape index (κ2) is 5.11. The zero-order valence-corrected chi connectivity index (χ0v) is 10.1. The lowest BCUT2D eigenvalue weighted by Gasteiger charge is -2.00. The minimum absolute atomic E-state index is 0.374. The summed E-state index contributed by atoms with van der Waals surface area (Å²) in [5, 5.41) is 12.2. The quantitative estimate of drug-likeness (QED) is 0.834. The van der Waals surface area contributed by atoms with Crippen LogP contribution in [0.5, 0.6) is 0 Å². The first kappa shape index (κ1) is 11.1. The fourth-order valence-electron chi connectivity index (χ4n) is 1.40. The zero-order chi connectivity index (χ0) is 11.4. The molecule has 16 heavy (non-hydrogen) atoms. The second-order valence-electron chi connectivity index (χ2n) is 3.34. The van der Waals surface area contributed by atoms with Crippen LogP contribution in [0.4, 0.5) is 0 Å². The molecule has 4 heteroatoms. The number of nitrogens with zero attached hydrogens (tertiary/aromatic N) is 2. The highest BCUT2D eigenvalue weighted by molar-refractivity contribution is 7.09. The van der Waals surface area contributed by atoms with Crippen molar-refractivity contribution in [2.75, 3.05) is 0 Å². The van der Waals surface area contributed by atoms with Gasteiger partial charge in [-0.05, 0) is 11.6 Å². The van der Waals surface area contributed by atoms with E-state index >= 15 is 0 Å². The molecule has 2 rings (SSSR count). The first-order chi connectivity index (χ1) is 7.79. The average molecular weight is 249 g/mol. The van der Waals surface area contributed by atoms with E-state index in [2.05, 4.69) is 11.1 Å². The van der Waals surface area contributed by atoms with Crippen molar-refractivity contribution in [3.05, 3.63) is 50.9 Å². The Morgan fingerprint density at radius 2 is 2.19 bits per heavy atom.